The molecular formula is C26H26BrN3O4S. The van der Waals surface area contributed by atoms with E-state index in [1.807, 2.05) is 53.9 Å². The highest BCUT2D eigenvalue weighted by Gasteiger charge is 2.54. The van der Waals surface area contributed by atoms with Gasteiger partial charge in [-0.05, 0) is 47.0 Å². The average Bonchev–Trinajstić information content (AvgIpc) is 3.32. The molecule has 0 bridgehead atoms. The van der Waals surface area contributed by atoms with Crippen molar-refractivity contribution in [1.29, 1.82) is 0 Å². The van der Waals surface area contributed by atoms with E-state index in [0.29, 0.717) is 25.4 Å². The molecule has 0 spiro atoms. The Labute approximate surface area is 216 Å². The van der Waals surface area contributed by atoms with E-state index >= 15 is 0 Å². The summed E-state index contributed by atoms with van der Waals surface area (Å²) in [5.41, 5.74) is 0.837. The van der Waals surface area contributed by atoms with Crippen LogP contribution in [0.5, 0.6) is 0 Å². The molecule has 2 aromatic carbocycles. The standard InChI is InChI=1S/C26H26BrN3O4S/c1-17-12-20-21(14-32-13-18-8-4-2-5-9-18)34-25(29-23(31)19-10-6-3-7-11-19)30-26(20,16-33-17)24-28-22(27)15-35-24/h2-11,15,17,20-21H,12-14,16H2,1H3,(H,29,30,31)/t17-,20-,21+,26-/m0/s1. The lowest BCUT2D eigenvalue weighted by molar-refractivity contribution is -0.116. The Balaban J connectivity index is 1.45. The number of thiazole rings is 1. The highest BCUT2D eigenvalue weighted by Crippen LogP contribution is 2.47. The molecule has 1 saturated heterocycles. The number of hydrogen-bond acceptors (Lipinski definition) is 7. The number of nitrogens with zero attached hydrogens (tertiary/aromatic N) is 2. The van der Waals surface area contributed by atoms with Crippen molar-refractivity contribution < 1.29 is 19.0 Å². The molecule has 3 heterocycles. The van der Waals surface area contributed by atoms with Gasteiger partial charge >= 0.3 is 0 Å². The van der Waals surface area contributed by atoms with Crippen LogP contribution >= 0.6 is 27.3 Å². The number of aliphatic imine (C=N–C) groups is 1. The maximum Gasteiger partial charge on any atom is 0.293 e. The molecule has 182 valence electrons. The Kier molecular flexibility index (Phi) is 7.29. The van der Waals surface area contributed by atoms with Gasteiger partial charge in [0, 0.05) is 16.9 Å². The molecular weight excluding hydrogens is 530 g/mol. The normalized spacial score (nSPS) is 25.8. The summed E-state index contributed by atoms with van der Waals surface area (Å²) in [4.78, 5) is 22.6. The lowest BCUT2D eigenvalue weighted by atomic mass is 9.75. The number of rotatable bonds is 6. The largest absolute Gasteiger partial charge is 0.459 e. The molecule has 1 aromatic heterocycles. The summed E-state index contributed by atoms with van der Waals surface area (Å²) >= 11 is 5.00. The number of amidine groups is 1. The molecule has 3 aromatic rings. The molecule has 0 radical (unpaired) electrons. The maximum absolute atomic E-state index is 12.9. The Morgan fingerprint density at radius 3 is 2.66 bits per heavy atom. The summed E-state index contributed by atoms with van der Waals surface area (Å²) in [5.74, 6) is -0.315. The Bertz CT molecular complexity index is 1190. The third-order valence-corrected chi connectivity index (χ3v) is 8.02. The lowest BCUT2D eigenvalue weighted by Crippen LogP contribution is -2.57. The number of benzene rings is 2. The number of aromatic nitrogens is 1. The molecule has 0 saturated carbocycles. The highest BCUT2D eigenvalue weighted by molar-refractivity contribution is 9.10. The van der Waals surface area contributed by atoms with Gasteiger partial charge in [-0.1, -0.05) is 48.5 Å². The first kappa shape index (κ1) is 24.1. The number of carbonyl (C=O) groups excluding carboxylic acids is 1. The second kappa shape index (κ2) is 10.6. The molecule has 2 aliphatic heterocycles. The van der Waals surface area contributed by atoms with Gasteiger partial charge in [0.15, 0.2) is 0 Å². The van der Waals surface area contributed by atoms with Crippen molar-refractivity contribution in [2.45, 2.75) is 37.7 Å². The van der Waals surface area contributed by atoms with Crippen molar-refractivity contribution in [1.82, 2.24) is 10.3 Å². The quantitative estimate of drug-likeness (QED) is 0.466. The summed E-state index contributed by atoms with van der Waals surface area (Å²) in [7, 11) is 0. The topological polar surface area (TPSA) is 82.0 Å². The van der Waals surface area contributed by atoms with Gasteiger partial charge < -0.3 is 14.2 Å². The van der Waals surface area contributed by atoms with Crippen LogP contribution in [0.2, 0.25) is 0 Å². The predicted molar refractivity (Wildman–Crippen MR) is 137 cm³/mol. The number of ether oxygens (including phenoxy) is 3. The van der Waals surface area contributed by atoms with E-state index < -0.39 is 5.54 Å². The zero-order valence-electron chi connectivity index (χ0n) is 19.2. The molecule has 1 amide bonds. The van der Waals surface area contributed by atoms with Crippen LogP contribution in [0.3, 0.4) is 0 Å². The fraction of sp³-hybridized carbons (Fsp3) is 0.346. The fourth-order valence-corrected chi connectivity index (χ4v) is 6.01. The van der Waals surface area contributed by atoms with Gasteiger partial charge in [0.05, 0.1) is 25.9 Å². The molecule has 2 aliphatic rings. The van der Waals surface area contributed by atoms with Crippen molar-refractivity contribution in [3.8, 4) is 0 Å². The molecule has 4 atom stereocenters. The van der Waals surface area contributed by atoms with E-state index in [1.165, 1.54) is 11.3 Å². The Morgan fingerprint density at radius 1 is 1.20 bits per heavy atom. The number of hydrogen-bond donors (Lipinski definition) is 1. The highest BCUT2D eigenvalue weighted by atomic mass is 79.9. The molecule has 9 heteroatoms. The zero-order valence-corrected chi connectivity index (χ0v) is 21.6. The smallest absolute Gasteiger partial charge is 0.293 e. The molecule has 5 rings (SSSR count). The van der Waals surface area contributed by atoms with Gasteiger partial charge in [0.25, 0.3) is 11.9 Å². The maximum atomic E-state index is 12.9. The SMILES string of the molecule is C[C@H]1C[C@H]2[C@@H](COCc3ccccc3)OC(NC(=O)c3ccccc3)=N[C@@]2(c2nc(Br)cs2)CO1. The third-order valence-electron chi connectivity index (χ3n) is 6.30. The van der Waals surface area contributed by atoms with Crippen LogP contribution in [0.1, 0.15) is 34.3 Å². The second-order valence-electron chi connectivity index (χ2n) is 8.76. The summed E-state index contributed by atoms with van der Waals surface area (Å²) in [6.45, 7) is 3.22. The number of halogens is 1. The van der Waals surface area contributed by atoms with Crippen LogP contribution < -0.4 is 5.32 Å². The average molecular weight is 556 g/mol. The summed E-state index contributed by atoms with van der Waals surface area (Å²) in [5, 5.41) is 5.62. The molecule has 1 fully saturated rings. The Morgan fingerprint density at radius 2 is 1.94 bits per heavy atom. The number of fused-ring (bicyclic) bond motifs is 1. The minimum absolute atomic E-state index is 0.0301. The lowest BCUT2D eigenvalue weighted by Gasteiger charge is -2.47. The summed E-state index contributed by atoms with van der Waals surface area (Å²) in [6, 6.07) is 19.2. The third kappa shape index (κ3) is 5.33. The molecule has 0 aliphatic carbocycles. The van der Waals surface area contributed by atoms with Gasteiger partial charge in [-0.3, -0.25) is 10.1 Å². The molecule has 0 unspecified atom stereocenters. The van der Waals surface area contributed by atoms with Crippen molar-refractivity contribution in [3.05, 3.63) is 86.8 Å². The van der Waals surface area contributed by atoms with E-state index in [2.05, 4.69) is 28.2 Å². The van der Waals surface area contributed by atoms with Crippen LogP contribution in [0, 0.1) is 5.92 Å². The Hall–Kier alpha value is -2.59. The first-order valence-corrected chi connectivity index (χ1v) is 13.2. The zero-order chi connectivity index (χ0) is 24.3. The number of nitrogens with one attached hydrogen (secondary N) is 1. The van der Waals surface area contributed by atoms with Crippen LogP contribution in [0.15, 0.2) is 75.6 Å². The van der Waals surface area contributed by atoms with Gasteiger partial charge in [0.1, 0.15) is 21.3 Å². The summed E-state index contributed by atoms with van der Waals surface area (Å²) < 4.78 is 19.3. The van der Waals surface area contributed by atoms with Gasteiger partial charge in [-0.2, -0.15) is 0 Å². The number of carbonyl (C=O) groups is 1. The fourth-order valence-electron chi connectivity index (χ4n) is 4.56. The van der Waals surface area contributed by atoms with E-state index in [-0.39, 0.29) is 30.1 Å². The van der Waals surface area contributed by atoms with Crippen LogP contribution in [-0.2, 0) is 26.4 Å². The molecule has 35 heavy (non-hydrogen) atoms. The van der Waals surface area contributed by atoms with Gasteiger partial charge in [-0.15, -0.1) is 11.3 Å². The summed E-state index contributed by atoms with van der Waals surface area (Å²) in [6.07, 6.45) is 0.448. The van der Waals surface area contributed by atoms with Crippen molar-refractivity contribution >= 4 is 39.2 Å². The van der Waals surface area contributed by atoms with Crippen LogP contribution in [0.4, 0.5) is 0 Å². The number of amides is 1. The van der Waals surface area contributed by atoms with Crippen molar-refractivity contribution in [2.24, 2.45) is 10.9 Å². The van der Waals surface area contributed by atoms with Crippen LogP contribution in [0.25, 0.3) is 0 Å². The molecule has 1 N–H and O–H groups in total. The van der Waals surface area contributed by atoms with Gasteiger partial charge in [0.2, 0.25) is 0 Å². The van der Waals surface area contributed by atoms with Gasteiger partial charge in [-0.25, -0.2) is 9.98 Å². The first-order chi connectivity index (χ1) is 17.0. The van der Waals surface area contributed by atoms with E-state index in [9.17, 15) is 4.79 Å². The monoisotopic (exact) mass is 555 g/mol. The van der Waals surface area contributed by atoms with E-state index in [1.54, 1.807) is 12.1 Å². The van der Waals surface area contributed by atoms with Crippen molar-refractivity contribution in [3.63, 3.8) is 0 Å². The van der Waals surface area contributed by atoms with Crippen LogP contribution in [-0.4, -0.2) is 42.3 Å². The first-order valence-electron chi connectivity index (χ1n) is 11.5. The van der Waals surface area contributed by atoms with E-state index in [4.69, 9.17) is 24.2 Å². The van der Waals surface area contributed by atoms with E-state index in [0.717, 1.165) is 21.6 Å². The minimum Gasteiger partial charge on any atom is -0.459 e. The second-order valence-corrected chi connectivity index (χ2v) is 10.4. The minimum atomic E-state index is -0.776. The van der Waals surface area contributed by atoms with Crippen molar-refractivity contribution in [2.75, 3.05) is 13.2 Å². The predicted octanol–water partition coefficient (Wildman–Crippen LogP) is 4.93. The molecule has 7 nitrogen and oxygen atoms in total.